The number of rotatable bonds is 8. The molecule has 2 amide bonds. The Hall–Kier alpha value is -1.23. The Bertz CT molecular complexity index is 699. The molecule has 0 aliphatic carbocycles. The van der Waals surface area contributed by atoms with Gasteiger partial charge in [-0.05, 0) is 13.3 Å². The highest BCUT2D eigenvalue weighted by Gasteiger charge is 2.60. The molecule has 4 N–H and O–H groups in total. The number of carboxylic acids is 1. The van der Waals surface area contributed by atoms with Crippen molar-refractivity contribution in [1.82, 2.24) is 15.5 Å². The van der Waals surface area contributed by atoms with Gasteiger partial charge in [0.15, 0.2) is 0 Å². The van der Waals surface area contributed by atoms with E-state index < -0.39 is 18.0 Å². The molecule has 1 unspecified atom stereocenters. The lowest BCUT2D eigenvalue weighted by molar-refractivity contribution is -0.163. The van der Waals surface area contributed by atoms with Crippen molar-refractivity contribution in [3.05, 3.63) is 10.6 Å². The van der Waals surface area contributed by atoms with Crippen molar-refractivity contribution in [2.75, 3.05) is 25.1 Å². The Labute approximate surface area is 172 Å². The van der Waals surface area contributed by atoms with Crippen molar-refractivity contribution in [2.24, 2.45) is 11.8 Å². The molecule has 0 spiro atoms. The van der Waals surface area contributed by atoms with Crippen molar-refractivity contribution >= 4 is 41.3 Å². The predicted octanol–water partition coefficient (Wildman–Crippen LogP) is 0.0830. The van der Waals surface area contributed by atoms with Gasteiger partial charge in [0.25, 0.3) is 0 Å². The van der Waals surface area contributed by atoms with Crippen molar-refractivity contribution in [3.63, 3.8) is 0 Å². The van der Waals surface area contributed by atoms with Crippen molar-refractivity contribution in [3.8, 4) is 0 Å². The Kier molecular flexibility index (Phi) is 6.63. The van der Waals surface area contributed by atoms with E-state index in [0.717, 1.165) is 23.6 Å². The van der Waals surface area contributed by atoms with Crippen molar-refractivity contribution in [1.29, 1.82) is 0 Å². The summed E-state index contributed by atoms with van der Waals surface area (Å²) in [4.78, 5) is 37.7. The van der Waals surface area contributed by atoms with Gasteiger partial charge in [0.05, 0.1) is 23.8 Å². The van der Waals surface area contributed by atoms with Crippen LogP contribution in [0, 0.1) is 11.8 Å². The number of aliphatic hydroxyl groups is 1. The van der Waals surface area contributed by atoms with E-state index in [1.54, 1.807) is 37.5 Å². The Balaban J connectivity index is 1.63. The third-order valence-electron chi connectivity index (χ3n) is 5.62. The second-order valence-corrected chi connectivity index (χ2v) is 9.91. The van der Waals surface area contributed by atoms with E-state index in [1.807, 2.05) is 6.92 Å². The maximum Gasteiger partial charge on any atom is 0.353 e. The van der Waals surface area contributed by atoms with Gasteiger partial charge in [-0.15, -0.1) is 11.8 Å². The van der Waals surface area contributed by atoms with Gasteiger partial charge in [0.2, 0.25) is 11.8 Å². The van der Waals surface area contributed by atoms with Crippen LogP contribution in [0.1, 0.15) is 20.3 Å². The number of aliphatic hydroxyl groups excluding tert-OH is 1. The van der Waals surface area contributed by atoms with Crippen molar-refractivity contribution < 1.29 is 24.6 Å². The number of hydrogen-bond donors (Lipinski definition) is 4. The van der Waals surface area contributed by atoms with Crippen LogP contribution in [0.25, 0.3) is 0 Å². The maximum absolute atomic E-state index is 12.4. The third kappa shape index (κ3) is 3.92. The quantitative estimate of drug-likeness (QED) is 0.401. The summed E-state index contributed by atoms with van der Waals surface area (Å²) in [6.45, 7) is 4.29. The minimum absolute atomic E-state index is 0.00631. The third-order valence-corrected chi connectivity index (χ3v) is 8.23. The molecule has 156 valence electrons. The highest BCUT2D eigenvalue weighted by Crippen LogP contribution is 2.51. The van der Waals surface area contributed by atoms with Gasteiger partial charge in [-0.1, -0.05) is 6.92 Å². The summed E-state index contributed by atoms with van der Waals surface area (Å²) in [5.74, 6) is -0.759. The van der Waals surface area contributed by atoms with E-state index in [9.17, 15) is 24.6 Å². The number of fused-ring (bicyclic) bond motifs is 1. The number of amides is 2. The molecule has 0 aromatic carbocycles. The zero-order valence-corrected chi connectivity index (χ0v) is 17.8. The van der Waals surface area contributed by atoms with E-state index in [4.69, 9.17) is 0 Å². The van der Waals surface area contributed by atoms with Crippen LogP contribution in [-0.2, 0) is 14.4 Å². The number of nitrogens with zero attached hydrogens (tertiary/aromatic N) is 1. The summed E-state index contributed by atoms with van der Waals surface area (Å²) in [7, 11) is 1.62. The fraction of sp³-hybridized carbons (Fsp3) is 0.722. The summed E-state index contributed by atoms with van der Waals surface area (Å²) in [6, 6.07) is 0.0102. The molecular formula is C18H27N3O5S2. The molecule has 28 heavy (non-hydrogen) atoms. The molecule has 0 saturated carbocycles. The molecule has 0 aromatic rings. The van der Waals surface area contributed by atoms with E-state index >= 15 is 0 Å². The molecule has 3 rings (SSSR count). The molecule has 0 radical (unpaired) electrons. The fourth-order valence-electron chi connectivity index (χ4n) is 4.22. The first-order valence-corrected chi connectivity index (χ1v) is 11.5. The molecule has 3 aliphatic rings. The van der Waals surface area contributed by atoms with Crippen LogP contribution >= 0.6 is 23.5 Å². The molecule has 0 bridgehead atoms. The molecule has 2 fully saturated rings. The molecule has 3 heterocycles. The first-order valence-electron chi connectivity index (χ1n) is 9.43. The van der Waals surface area contributed by atoms with Gasteiger partial charge in [-0.25, -0.2) is 4.79 Å². The van der Waals surface area contributed by atoms with E-state index in [-0.39, 0.29) is 40.8 Å². The van der Waals surface area contributed by atoms with Crippen LogP contribution in [0.2, 0.25) is 0 Å². The van der Waals surface area contributed by atoms with Gasteiger partial charge >= 0.3 is 5.97 Å². The summed E-state index contributed by atoms with van der Waals surface area (Å²) in [6.07, 6.45) is 0.0953. The Morgan fingerprint density at radius 3 is 2.75 bits per heavy atom. The maximum atomic E-state index is 12.4. The Morgan fingerprint density at radius 1 is 1.43 bits per heavy atom. The van der Waals surface area contributed by atoms with Crippen LogP contribution in [0.4, 0.5) is 0 Å². The summed E-state index contributed by atoms with van der Waals surface area (Å²) in [5.41, 5.74) is 0.0850. The van der Waals surface area contributed by atoms with Crippen molar-refractivity contribution in [2.45, 2.75) is 43.7 Å². The first-order chi connectivity index (χ1) is 13.3. The standard InChI is InChI=1S/C18H27N3O5S2/c1-8-14-13(9(2)22)17(24)21(14)15(18(25)26)16(8)28-11-4-10(20-5-11)6-27-7-12(23)19-3/h8-11,13-14,20,22H,4-7H2,1-3H3,(H,19,23)(H,25,26)/t8-,9-,10+,11+,13-,14?/m1/s1. The smallest absolute Gasteiger partial charge is 0.353 e. The fourth-order valence-corrected chi connectivity index (χ4v) is 6.73. The molecule has 0 aromatic heterocycles. The lowest BCUT2D eigenvalue weighted by Gasteiger charge is -2.46. The monoisotopic (exact) mass is 429 g/mol. The zero-order valence-electron chi connectivity index (χ0n) is 16.2. The largest absolute Gasteiger partial charge is 0.477 e. The molecule has 8 nitrogen and oxygen atoms in total. The number of nitrogens with one attached hydrogen (secondary N) is 2. The number of thioether (sulfide) groups is 2. The molecule has 6 atom stereocenters. The number of carbonyl (C=O) groups is 3. The molecular weight excluding hydrogens is 402 g/mol. The summed E-state index contributed by atoms with van der Waals surface area (Å²) in [5, 5.41) is 25.9. The second-order valence-electron chi connectivity index (χ2n) is 7.54. The van der Waals surface area contributed by atoms with Crippen LogP contribution in [0.15, 0.2) is 10.6 Å². The average molecular weight is 430 g/mol. The SMILES string of the molecule is CNC(=O)CSC[C@@H]1C[C@H](SC2=C(C(=O)O)N3C(=O)[C@H]([C@@H](C)O)C3[C@H]2C)CN1. The predicted molar refractivity (Wildman–Crippen MR) is 109 cm³/mol. The topological polar surface area (TPSA) is 119 Å². The lowest BCUT2D eigenvalue weighted by atomic mass is 9.79. The highest BCUT2D eigenvalue weighted by atomic mass is 32.2. The van der Waals surface area contributed by atoms with Crippen LogP contribution in [-0.4, -0.2) is 81.4 Å². The number of aliphatic carboxylic acids is 1. The molecule has 10 heteroatoms. The number of hydrogen-bond acceptors (Lipinski definition) is 7. The molecule has 3 aliphatic heterocycles. The first kappa shape index (κ1) is 21.5. The summed E-state index contributed by atoms with van der Waals surface area (Å²) < 4.78 is 0. The lowest BCUT2D eigenvalue weighted by Crippen LogP contribution is -2.63. The van der Waals surface area contributed by atoms with Crippen LogP contribution in [0.5, 0.6) is 0 Å². The second kappa shape index (κ2) is 8.64. The minimum Gasteiger partial charge on any atom is -0.477 e. The zero-order chi connectivity index (χ0) is 20.6. The average Bonchev–Trinajstić information content (AvgIpc) is 3.16. The summed E-state index contributed by atoms with van der Waals surface area (Å²) >= 11 is 3.12. The minimum atomic E-state index is -1.09. The number of carbonyl (C=O) groups excluding carboxylic acids is 2. The van der Waals surface area contributed by atoms with E-state index in [0.29, 0.717) is 5.75 Å². The van der Waals surface area contributed by atoms with E-state index in [1.165, 1.54) is 4.90 Å². The molecule has 2 saturated heterocycles. The van der Waals surface area contributed by atoms with Crippen LogP contribution < -0.4 is 10.6 Å². The highest BCUT2D eigenvalue weighted by molar-refractivity contribution is 8.03. The normalized spacial score (nSPS) is 32.9. The van der Waals surface area contributed by atoms with Gasteiger partial charge in [-0.2, -0.15) is 11.8 Å². The van der Waals surface area contributed by atoms with Gasteiger partial charge in [-0.3, -0.25) is 9.59 Å². The van der Waals surface area contributed by atoms with Gasteiger partial charge in [0, 0.05) is 41.5 Å². The van der Waals surface area contributed by atoms with Crippen LogP contribution in [0.3, 0.4) is 0 Å². The van der Waals surface area contributed by atoms with Gasteiger partial charge < -0.3 is 25.7 Å². The Morgan fingerprint density at radius 2 is 2.14 bits per heavy atom. The number of carboxylic acid groups (broad SMARTS) is 1. The van der Waals surface area contributed by atoms with Gasteiger partial charge in [0.1, 0.15) is 5.70 Å². The van der Waals surface area contributed by atoms with E-state index in [2.05, 4.69) is 10.6 Å². The number of β-lactam (4-membered cyclic amide) rings is 1.